The van der Waals surface area contributed by atoms with E-state index in [0.29, 0.717) is 12.1 Å². The highest BCUT2D eigenvalue weighted by Gasteiger charge is 2.17. The van der Waals surface area contributed by atoms with Crippen LogP contribution in [0.1, 0.15) is 71.6 Å². The van der Waals surface area contributed by atoms with Gasteiger partial charge in [-0.3, -0.25) is 0 Å². The van der Waals surface area contributed by atoms with E-state index in [9.17, 15) is 0 Å². The van der Waals surface area contributed by atoms with Gasteiger partial charge in [-0.1, -0.05) is 32.6 Å². The van der Waals surface area contributed by atoms with Crippen molar-refractivity contribution < 1.29 is 4.74 Å². The summed E-state index contributed by atoms with van der Waals surface area (Å²) in [6.45, 7) is 5.59. The fourth-order valence-electron chi connectivity index (χ4n) is 2.99. The maximum atomic E-state index is 5.36. The van der Waals surface area contributed by atoms with E-state index in [-0.39, 0.29) is 0 Å². The highest BCUT2D eigenvalue weighted by atomic mass is 16.5. The first kappa shape index (κ1) is 16.0. The zero-order valence-corrected chi connectivity index (χ0v) is 12.7. The molecule has 2 unspecified atom stereocenters. The van der Waals surface area contributed by atoms with Gasteiger partial charge in [0.25, 0.3) is 0 Å². The minimum atomic E-state index is 0.405. The predicted octanol–water partition coefficient (Wildman–Crippen LogP) is 4.14. The molecule has 0 spiro atoms. The molecule has 0 radical (unpaired) electrons. The van der Waals surface area contributed by atoms with Crippen molar-refractivity contribution in [2.45, 2.75) is 83.8 Å². The summed E-state index contributed by atoms with van der Waals surface area (Å²) >= 11 is 0. The fraction of sp³-hybridized carbons (Fsp3) is 1.00. The Morgan fingerprint density at radius 2 is 1.89 bits per heavy atom. The average Bonchev–Trinajstić information content (AvgIpc) is 2.90. The fourth-order valence-corrected chi connectivity index (χ4v) is 2.99. The molecule has 0 amide bonds. The van der Waals surface area contributed by atoms with E-state index < -0.39 is 0 Å². The van der Waals surface area contributed by atoms with E-state index >= 15 is 0 Å². The summed E-state index contributed by atoms with van der Waals surface area (Å²) < 4.78 is 5.36. The Labute approximate surface area is 114 Å². The summed E-state index contributed by atoms with van der Waals surface area (Å²) in [5.74, 6) is 1.02. The van der Waals surface area contributed by atoms with Crippen LogP contribution in [-0.2, 0) is 4.74 Å². The molecule has 108 valence electrons. The second-order valence-electron chi connectivity index (χ2n) is 6.00. The second-order valence-corrected chi connectivity index (χ2v) is 6.00. The molecule has 1 fully saturated rings. The Bertz CT molecular complexity index is 190. The van der Waals surface area contributed by atoms with E-state index in [4.69, 9.17) is 4.74 Å². The summed E-state index contributed by atoms with van der Waals surface area (Å²) in [6, 6.07) is 0.711. The van der Waals surface area contributed by atoms with Gasteiger partial charge in [-0.25, -0.2) is 0 Å². The smallest absolute Gasteiger partial charge is 0.0543 e. The lowest BCUT2D eigenvalue weighted by atomic mass is 9.95. The van der Waals surface area contributed by atoms with Crippen molar-refractivity contribution in [3.63, 3.8) is 0 Å². The van der Waals surface area contributed by atoms with Gasteiger partial charge < -0.3 is 10.1 Å². The van der Waals surface area contributed by atoms with Crippen molar-refractivity contribution in [2.24, 2.45) is 5.92 Å². The summed E-state index contributed by atoms with van der Waals surface area (Å²) in [5, 5.41) is 3.72. The molecule has 1 aliphatic carbocycles. The van der Waals surface area contributed by atoms with Gasteiger partial charge in [0, 0.05) is 13.2 Å². The molecule has 0 aromatic carbocycles. The number of ether oxygens (including phenoxy) is 1. The third-order valence-corrected chi connectivity index (χ3v) is 4.41. The van der Waals surface area contributed by atoms with E-state index in [1.165, 1.54) is 57.8 Å². The van der Waals surface area contributed by atoms with Crippen molar-refractivity contribution in [3.8, 4) is 0 Å². The first-order chi connectivity index (χ1) is 8.76. The monoisotopic (exact) mass is 255 g/mol. The molecule has 0 bridgehead atoms. The minimum Gasteiger partial charge on any atom is -0.382 e. The SMILES string of the molecule is CCCNC(CCC1CCCC1)CCC(C)OC. The predicted molar refractivity (Wildman–Crippen MR) is 79.0 cm³/mol. The Kier molecular flexibility index (Phi) is 8.70. The lowest BCUT2D eigenvalue weighted by molar-refractivity contribution is 0.105. The third kappa shape index (κ3) is 6.75. The minimum absolute atomic E-state index is 0.405. The van der Waals surface area contributed by atoms with Crippen molar-refractivity contribution in [1.82, 2.24) is 5.32 Å². The zero-order chi connectivity index (χ0) is 13.2. The van der Waals surface area contributed by atoms with E-state index in [1.54, 1.807) is 0 Å². The maximum Gasteiger partial charge on any atom is 0.0543 e. The van der Waals surface area contributed by atoms with Crippen LogP contribution in [0.25, 0.3) is 0 Å². The lowest BCUT2D eigenvalue weighted by Gasteiger charge is -2.21. The molecule has 2 heteroatoms. The molecule has 18 heavy (non-hydrogen) atoms. The molecule has 2 nitrogen and oxygen atoms in total. The van der Waals surface area contributed by atoms with Crippen LogP contribution in [0, 0.1) is 5.92 Å². The van der Waals surface area contributed by atoms with Crippen molar-refractivity contribution in [1.29, 1.82) is 0 Å². The molecule has 1 rings (SSSR count). The summed E-state index contributed by atoms with van der Waals surface area (Å²) in [4.78, 5) is 0. The van der Waals surface area contributed by atoms with Crippen molar-refractivity contribution >= 4 is 0 Å². The standard InChI is InChI=1S/C16H33NO/c1-4-13-17-16(11-9-14(2)18-3)12-10-15-7-5-6-8-15/h14-17H,4-13H2,1-3H3. The van der Waals surface area contributed by atoms with Crippen molar-refractivity contribution in [3.05, 3.63) is 0 Å². The summed E-state index contributed by atoms with van der Waals surface area (Å²) in [5.41, 5.74) is 0. The van der Waals surface area contributed by atoms with Gasteiger partial charge in [-0.2, -0.15) is 0 Å². The van der Waals surface area contributed by atoms with E-state index in [0.717, 1.165) is 12.5 Å². The number of hydrogen-bond acceptors (Lipinski definition) is 2. The zero-order valence-electron chi connectivity index (χ0n) is 12.7. The Hall–Kier alpha value is -0.0800. The molecule has 0 heterocycles. The summed E-state index contributed by atoms with van der Waals surface area (Å²) in [6.07, 6.45) is 12.8. The van der Waals surface area contributed by atoms with Gasteiger partial charge in [0.2, 0.25) is 0 Å². The first-order valence-electron chi connectivity index (χ1n) is 8.02. The Morgan fingerprint density at radius 1 is 1.17 bits per heavy atom. The maximum absolute atomic E-state index is 5.36. The van der Waals surface area contributed by atoms with Crippen LogP contribution in [0.5, 0.6) is 0 Å². The normalized spacial score (nSPS) is 20.2. The number of hydrogen-bond donors (Lipinski definition) is 1. The van der Waals surface area contributed by atoms with E-state index in [1.807, 2.05) is 7.11 Å². The molecule has 0 aromatic heterocycles. The largest absolute Gasteiger partial charge is 0.382 e. The molecule has 2 atom stereocenters. The molecular weight excluding hydrogens is 222 g/mol. The van der Waals surface area contributed by atoms with Gasteiger partial charge in [0.1, 0.15) is 0 Å². The van der Waals surface area contributed by atoms with Gasteiger partial charge in [-0.05, 0) is 51.5 Å². The second kappa shape index (κ2) is 9.80. The van der Waals surface area contributed by atoms with Crippen LogP contribution in [0.15, 0.2) is 0 Å². The van der Waals surface area contributed by atoms with Gasteiger partial charge >= 0.3 is 0 Å². The quantitative estimate of drug-likeness (QED) is 0.633. The van der Waals surface area contributed by atoms with Gasteiger partial charge in [0.05, 0.1) is 6.10 Å². The van der Waals surface area contributed by atoms with Crippen LogP contribution >= 0.6 is 0 Å². The van der Waals surface area contributed by atoms with Crippen LogP contribution in [-0.4, -0.2) is 25.8 Å². The first-order valence-corrected chi connectivity index (χ1v) is 8.02. The molecule has 1 saturated carbocycles. The average molecular weight is 255 g/mol. The van der Waals surface area contributed by atoms with E-state index in [2.05, 4.69) is 19.2 Å². The highest BCUT2D eigenvalue weighted by Crippen LogP contribution is 2.29. The molecular formula is C16H33NO. The van der Waals surface area contributed by atoms with Crippen LogP contribution in [0.2, 0.25) is 0 Å². The molecule has 1 aliphatic rings. The molecule has 0 saturated heterocycles. The lowest BCUT2D eigenvalue weighted by Crippen LogP contribution is -2.31. The topological polar surface area (TPSA) is 21.3 Å². The van der Waals surface area contributed by atoms with Crippen LogP contribution in [0.3, 0.4) is 0 Å². The number of rotatable bonds is 10. The molecule has 1 N–H and O–H groups in total. The van der Waals surface area contributed by atoms with Crippen LogP contribution < -0.4 is 5.32 Å². The molecule has 0 aliphatic heterocycles. The Balaban J connectivity index is 2.20. The third-order valence-electron chi connectivity index (χ3n) is 4.41. The van der Waals surface area contributed by atoms with Gasteiger partial charge in [0.15, 0.2) is 0 Å². The van der Waals surface area contributed by atoms with Gasteiger partial charge in [-0.15, -0.1) is 0 Å². The Morgan fingerprint density at radius 3 is 2.50 bits per heavy atom. The highest BCUT2D eigenvalue weighted by molar-refractivity contribution is 4.73. The van der Waals surface area contributed by atoms with Crippen LogP contribution in [0.4, 0.5) is 0 Å². The van der Waals surface area contributed by atoms with Crippen molar-refractivity contribution in [2.75, 3.05) is 13.7 Å². The number of methoxy groups -OCH3 is 1. The molecule has 0 aromatic rings. The summed E-state index contributed by atoms with van der Waals surface area (Å²) in [7, 11) is 1.82. The number of nitrogens with one attached hydrogen (secondary N) is 1.